The summed E-state index contributed by atoms with van der Waals surface area (Å²) in [6.07, 6.45) is 1.44. The third kappa shape index (κ3) is 2.53. The number of carbonyl (C=O) groups excluding carboxylic acids is 1. The second-order valence-corrected chi connectivity index (χ2v) is 4.18. The zero-order chi connectivity index (χ0) is 10.7. The van der Waals surface area contributed by atoms with Gasteiger partial charge < -0.3 is 14.6 Å². The van der Waals surface area contributed by atoms with Gasteiger partial charge in [-0.15, -0.1) is 11.3 Å². The minimum absolute atomic E-state index is 0.208. The van der Waals surface area contributed by atoms with Crippen LogP contribution in [0.3, 0.4) is 0 Å². The summed E-state index contributed by atoms with van der Waals surface area (Å²) in [6.45, 7) is 1.93. The fourth-order valence-corrected chi connectivity index (χ4v) is 2.06. The van der Waals surface area contributed by atoms with Crippen LogP contribution in [0, 0.1) is 0 Å². The van der Waals surface area contributed by atoms with E-state index in [9.17, 15) is 4.79 Å². The molecule has 1 N–H and O–H groups in total. The molecule has 6 heteroatoms. The minimum atomic E-state index is -0.430. The molecule has 1 aromatic heterocycles. The normalized spacial score (nSPS) is 23.0. The van der Waals surface area contributed by atoms with Crippen LogP contribution in [0.15, 0.2) is 16.6 Å². The van der Waals surface area contributed by atoms with E-state index in [-0.39, 0.29) is 5.91 Å². The van der Waals surface area contributed by atoms with Gasteiger partial charge in [-0.3, -0.25) is 4.79 Å². The van der Waals surface area contributed by atoms with Crippen LogP contribution in [-0.2, 0) is 16.6 Å². The van der Waals surface area contributed by atoms with E-state index in [4.69, 9.17) is 4.74 Å². The van der Waals surface area contributed by atoms with Crippen LogP contribution < -0.4 is 10.1 Å². The Balaban J connectivity index is 2.12. The number of hydrogen-bond donors (Lipinski definition) is 1. The Morgan fingerprint density at radius 3 is 3.27 bits per heavy atom. The summed E-state index contributed by atoms with van der Waals surface area (Å²) in [5.41, 5.74) is 0. The van der Waals surface area contributed by atoms with Gasteiger partial charge in [-0.2, -0.15) is 4.99 Å². The predicted molar refractivity (Wildman–Crippen MR) is 56.5 cm³/mol. The molecule has 5 nitrogen and oxygen atoms in total. The van der Waals surface area contributed by atoms with E-state index in [0.717, 1.165) is 6.54 Å². The molecule has 2 heterocycles. The molecule has 1 unspecified atom stereocenters. The van der Waals surface area contributed by atoms with E-state index in [0.29, 0.717) is 18.0 Å². The molecule has 0 radical (unpaired) electrons. The summed E-state index contributed by atoms with van der Waals surface area (Å²) >= 11 is 1.44. The maximum absolute atomic E-state index is 11.7. The summed E-state index contributed by atoms with van der Waals surface area (Å²) in [4.78, 5) is 16.4. The first-order valence-corrected chi connectivity index (χ1v) is 5.66. The highest BCUT2D eigenvalue weighted by molar-refractivity contribution is 7.07. The van der Waals surface area contributed by atoms with Crippen LogP contribution in [0.4, 0.5) is 0 Å². The Labute approximate surface area is 91.4 Å². The quantitative estimate of drug-likeness (QED) is 0.704. The first-order chi connectivity index (χ1) is 7.27. The average Bonchev–Trinajstić information content (AvgIpc) is 2.66. The highest BCUT2D eigenvalue weighted by atomic mass is 32.1. The molecule has 0 bridgehead atoms. The Morgan fingerprint density at radius 2 is 2.67 bits per heavy atom. The highest BCUT2D eigenvalue weighted by Gasteiger charge is 2.21. The van der Waals surface area contributed by atoms with Crippen LogP contribution in [0.1, 0.15) is 0 Å². The van der Waals surface area contributed by atoms with E-state index < -0.39 is 6.10 Å². The first kappa shape index (κ1) is 10.5. The molecule has 1 fully saturated rings. The maximum Gasteiger partial charge on any atom is 0.278 e. The Kier molecular flexibility index (Phi) is 3.30. The van der Waals surface area contributed by atoms with Crippen LogP contribution in [0.25, 0.3) is 0 Å². The number of aryl methyl sites for hydroxylation is 1. The van der Waals surface area contributed by atoms with Gasteiger partial charge in [0.2, 0.25) is 0 Å². The number of nitrogens with one attached hydrogen (secondary N) is 1. The van der Waals surface area contributed by atoms with Gasteiger partial charge in [0.05, 0.1) is 6.61 Å². The number of amides is 1. The molecule has 1 atom stereocenters. The predicted octanol–water partition coefficient (Wildman–Crippen LogP) is -0.498. The van der Waals surface area contributed by atoms with Crippen molar-refractivity contribution in [3.05, 3.63) is 16.4 Å². The molecule has 1 amide bonds. The van der Waals surface area contributed by atoms with Crippen LogP contribution in [-0.4, -0.2) is 36.3 Å². The number of ether oxygens (including phenoxy) is 1. The lowest BCUT2D eigenvalue weighted by atomic mass is 10.3. The van der Waals surface area contributed by atoms with Gasteiger partial charge in [0.25, 0.3) is 5.91 Å². The van der Waals surface area contributed by atoms with Crippen molar-refractivity contribution in [3.63, 3.8) is 0 Å². The zero-order valence-electron chi connectivity index (χ0n) is 8.47. The fourth-order valence-electron chi connectivity index (χ4n) is 1.32. The van der Waals surface area contributed by atoms with Crippen molar-refractivity contribution in [2.45, 2.75) is 6.10 Å². The van der Waals surface area contributed by atoms with Crippen molar-refractivity contribution in [2.75, 3.05) is 19.7 Å². The number of thiazole rings is 1. The van der Waals surface area contributed by atoms with Gasteiger partial charge in [0.1, 0.15) is 0 Å². The first-order valence-electron chi connectivity index (χ1n) is 4.78. The van der Waals surface area contributed by atoms with Crippen molar-refractivity contribution < 1.29 is 9.53 Å². The molecule has 1 saturated heterocycles. The van der Waals surface area contributed by atoms with Crippen LogP contribution in [0.2, 0.25) is 0 Å². The topological polar surface area (TPSA) is 55.6 Å². The lowest BCUT2D eigenvalue weighted by molar-refractivity contribution is -0.130. The van der Waals surface area contributed by atoms with E-state index in [1.165, 1.54) is 11.3 Å². The standard InChI is InChI=1S/C9H13N3O2S/c1-12-3-5-15-9(12)11-8(13)7-6-10-2-4-14-7/h3,5,7,10H,2,4,6H2,1H3. The number of rotatable bonds is 1. The smallest absolute Gasteiger partial charge is 0.278 e. The third-order valence-electron chi connectivity index (χ3n) is 2.17. The highest BCUT2D eigenvalue weighted by Crippen LogP contribution is 1.98. The van der Waals surface area contributed by atoms with Crippen molar-refractivity contribution in [2.24, 2.45) is 12.0 Å². The summed E-state index contributed by atoms with van der Waals surface area (Å²) in [5, 5.41) is 5.00. The van der Waals surface area contributed by atoms with Crippen LogP contribution >= 0.6 is 11.3 Å². The molecule has 0 aliphatic carbocycles. The van der Waals surface area contributed by atoms with Gasteiger partial charge in [0.15, 0.2) is 10.9 Å². The van der Waals surface area contributed by atoms with E-state index in [1.54, 1.807) is 0 Å². The maximum atomic E-state index is 11.7. The van der Waals surface area contributed by atoms with Crippen molar-refractivity contribution in [3.8, 4) is 0 Å². The second kappa shape index (κ2) is 4.69. The zero-order valence-corrected chi connectivity index (χ0v) is 9.29. The second-order valence-electron chi connectivity index (χ2n) is 3.31. The lowest BCUT2D eigenvalue weighted by Crippen LogP contribution is -2.43. The molecule has 0 saturated carbocycles. The molecule has 2 rings (SSSR count). The summed E-state index contributed by atoms with van der Waals surface area (Å²) in [7, 11) is 1.86. The third-order valence-corrected chi connectivity index (χ3v) is 3.02. The summed E-state index contributed by atoms with van der Waals surface area (Å²) in [6, 6.07) is 0. The average molecular weight is 227 g/mol. The molecule has 1 aliphatic rings. The molecular formula is C9H13N3O2S. The fraction of sp³-hybridized carbons (Fsp3) is 0.556. The summed E-state index contributed by atoms with van der Waals surface area (Å²) in [5.74, 6) is -0.208. The number of hydrogen-bond acceptors (Lipinski definition) is 4. The van der Waals surface area contributed by atoms with E-state index in [2.05, 4.69) is 10.3 Å². The number of nitrogens with zero attached hydrogens (tertiary/aromatic N) is 2. The van der Waals surface area contributed by atoms with Gasteiger partial charge in [-0.1, -0.05) is 0 Å². The van der Waals surface area contributed by atoms with Gasteiger partial charge in [0, 0.05) is 31.7 Å². The van der Waals surface area contributed by atoms with Gasteiger partial charge in [-0.25, -0.2) is 0 Å². The molecular weight excluding hydrogens is 214 g/mol. The Morgan fingerprint density at radius 1 is 1.80 bits per heavy atom. The molecule has 15 heavy (non-hydrogen) atoms. The van der Waals surface area contributed by atoms with E-state index >= 15 is 0 Å². The van der Waals surface area contributed by atoms with Crippen molar-refractivity contribution in [1.29, 1.82) is 0 Å². The van der Waals surface area contributed by atoms with Crippen LogP contribution in [0.5, 0.6) is 0 Å². The number of aromatic nitrogens is 1. The van der Waals surface area contributed by atoms with Gasteiger partial charge >= 0.3 is 0 Å². The molecule has 1 aromatic rings. The molecule has 1 aliphatic heterocycles. The molecule has 82 valence electrons. The van der Waals surface area contributed by atoms with Crippen molar-refractivity contribution >= 4 is 17.2 Å². The van der Waals surface area contributed by atoms with Gasteiger partial charge in [-0.05, 0) is 0 Å². The minimum Gasteiger partial charge on any atom is -0.366 e. The monoisotopic (exact) mass is 227 g/mol. The molecule has 0 spiro atoms. The number of carbonyl (C=O) groups is 1. The Bertz CT molecular complexity index is 403. The lowest BCUT2D eigenvalue weighted by Gasteiger charge is -2.20. The Hall–Kier alpha value is -0.980. The summed E-state index contributed by atoms with van der Waals surface area (Å²) < 4.78 is 7.14. The van der Waals surface area contributed by atoms with E-state index in [1.807, 2.05) is 23.2 Å². The molecule has 0 aromatic carbocycles. The number of morpholine rings is 1. The SMILES string of the molecule is Cn1ccsc1=NC(=O)C1CNCCO1. The van der Waals surface area contributed by atoms with Crippen molar-refractivity contribution in [1.82, 2.24) is 9.88 Å². The largest absolute Gasteiger partial charge is 0.366 e.